The van der Waals surface area contributed by atoms with Crippen LogP contribution in [0.2, 0.25) is 0 Å². The van der Waals surface area contributed by atoms with Gasteiger partial charge in [-0.05, 0) is 39.3 Å². The molecule has 1 amide bonds. The van der Waals surface area contributed by atoms with E-state index < -0.39 is 0 Å². The zero-order valence-corrected chi connectivity index (χ0v) is 17.8. The van der Waals surface area contributed by atoms with Crippen LogP contribution in [0.15, 0.2) is 29.3 Å². The molecular formula is C20H23N3O2S2. The molecule has 5 nitrogen and oxygen atoms in total. The van der Waals surface area contributed by atoms with Gasteiger partial charge in [-0.25, -0.2) is 9.97 Å². The Balaban J connectivity index is 1.74. The standard InChI is InChI=1S/C20H23N3O2S2/c1-11-12(2)26-19-17(11)20(23-14(4)22-19)27-13(3)18(24)21-10-15-8-6-7-9-16(15)25-5/h6-9,13H,10H2,1-5H3,(H,21,24)/t13-/m0/s1. The SMILES string of the molecule is COc1ccccc1CNC(=O)[C@H](C)Sc1nc(C)nc2sc(C)c(C)c12. The van der Waals surface area contributed by atoms with Crippen LogP contribution in [-0.2, 0) is 11.3 Å². The minimum absolute atomic E-state index is 0.0278. The Labute approximate surface area is 167 Å². The number of para-hydroxylation sites is 1. The number of benzene rings is 1. The zero-order valence-electron chi connectivity index (χ0n) is 16.1. The molecule has 0 saturated carbocycles. The maximum atomic E-state index is 12.6. The van der Waals surface area contributed by atoms with Crippen molar-refractivity contribution < 1.29 is 9.53 Å². The summed E-state index contributed by atoms with van der Waals surface area (Å²) in [5.41, 5.74) is 2.15. The van der Waals surface area contributed by atoms with Crippen LogP contribution in [0, 0.1) is 20.8 Å². The van der Waals surface area contributed by atoms with Gasteiger partial charge in [-0.15, -0.1) is 11.3 Å². The van der Waals surface area contributed by atoms with Gasteiger partial charge in [-0.2, -0.15) is 0 Å². The van der Waals surface area contributed by atoms with Crippen LogP contribution in [0.1, 0.15) is 28.8 Å². The topological polar surface area (TPSA) is 64.1 Å². The van der Waals surface area contributed by atoms with E-state index in [0.29, 0.717) is 6.54 Å². The molecule has 7 heteroatoms. The average Bonchev–Trinajstić information content (AvgIpc) is 2.93. The van der Waals surface area contributed by atoms with Crippen LogP contribution in [0.25, 0.3) is 10.2 Å². The first-order valence-electron chi connectivity index (χ1n) is 8.71. The van der Waals surface area contributed by atoms with Gasteiger partial charge in [0.1, 0.15) is 21.4 Å². The molecule has 0 radical (unpaired) electrons. The van der Waals surface area contributed by atoms with Gasteiger partial charge in [0.05, 0.1) is 12.4 Å². The highest BCUT2D eigenvalue weighted by Gasteiger charge is 2.20. The minimum Gasteiger partial charge on any atom is -0.496 e. The van der Waals surface area contributed by atoms with Crippen LogP contribution in [0.3, 0.4) is 0 Å². The Bertz CT molecular complexity index is 985. The van der Waals surface area contributed by atoms with Crippen molar-refractivity contribution in [2.75, 3.05) is 7.11 Å². The summed E-state index contributed by atoms with van der Waals surface area (Å²) in [6.45, 7) is 8.40. The van der Waals surface area contributed by atoms with E-state index in [1.807, 2.05) is 38.1 Å². The minimum atomic E-state index is -0.267. The molecule has 3 aromatic rings. The molecule has 3 rings (SSSR count). The highest BCUT2D eigenvalue weighted by Crippen LogP contribution is 2.36. The van der Waals surface area contributed by atoms with Gasteiger partial charge in [0.2, 0.25) is 5.91 Å². The molecular weight excluding hydrogens is 378 g/mol. The second-order valence-corrected chi connectivity index (χ2v) is 8.86. The van der Waals surface area contributed by atoms with Gasteiger partial charge in [-0.1, -0.05) is 30.0 Å². The van der Waals surface area contributed by atoms with E-state index >= 15 is 0 Å². The first-order chi connectivity index (χ1) is 12.9. The third-order valence-corrected chi connectivity index (χ3v) is 6.60. The number of carbonyl (C=O) groups excluding carboxylic acids is 1. The lowest BCUT2D eigenvalue weighted by atomic mass is 10.2. The lowest BCUT2D eigenvalue weighted by Crippen LogP contribution is -2.30. The summed E-state index contributed by atoms with van der Waals surface area (Å²) < 4.78 is 5.34. The molecule has 0 aliphatic heterocycles. The molecule has 1 atom stereocenters. The van der Waals surface area contributed by atoms with Gasteiger partial charge in [-0.3, -0.25) is 4.79 Å². The molecule has 0 aliphatic rings. The molecule has 27 heavy (non-hydrogen) atoms. The molecule has 1 aromatic carbocycles. The van der Waals surface area contributed by atoms with Crippen molar-refractivity contribution in [1.29, 1.82) is 0 Å². The van der Waals surface area contributed by atoms with E-state index in [0.717, 1.165) is 32.4 Å². The summed E-state index contributed by atoms with van der Waals surface area (Å²) in [5.74, 6) is 1.48. The predicted octanol–water partition coefficient (Wildman–Crippen LogP) is 4.42. The lowest BCUT2D eigenvalue weighted by molar-refractivity contribution is -0.120. The molecule has 0 aliphatic carbocycles. The molecule has 2 heterocycles. The second-order valence-electron chi connectivity index (χ2n) is 6.33. The fraction of sp³-hybridized carbons (Fsp3) is 0.350. The van der Waals surface area contributed by atoms with Crippen LogP contribution in [0.5, 0.6) is 5.75 Å². The summed E-state index contributed by atoms with van der Waals surface area (Å²) >= 11 is 3.16. The van der Waals surface area contributed by atoms with Gasteiger partial charge >= 0.3 is 0 Å². The number of aryl methyl sites for hydroxylation is 3. The van der Waals surface area contributed by atoms with E-state index in [4.69, 9.17) is 4.74 Å². The van der Waals surface area contributed by atoms with Crippen LogP contribution in [0.4, 0.5) is 0 Å². The van der Waals surface area contributed by atoms with Crippen molar-refractivity contribution in [2.24, 2.45) is 0 Å². The number of methoxy groups -OCH3 is 1. The maximum Gasteiger partial charge on any atom is 0.233 e. The third-order valence-electron chi connectivity index (χ3n) is 4.41. The number of hydrogen-bond acceptors (Lipinski definition) is 6. The number of amides is 1. The maximum absolute atomic E-state index is 12.6. The normalized spacial score (nSPS) is 12.2. The molecule has 0 spiro atoms. The van der Waals surface area contributed by atoms with Crippen molar-refractivity contribution in [1.82, 2.24) is 15.3 Å². The molecule has 142 valence electrons. The van der Waals surface area contributed by atoms with Crippen molar-refractivity contribution in [2.45, 2.75) is 44.5 Å². The number of thioether (sulfide) groups is 1. The van der Waals surface area contributed by atoms with E-state index in [2.05, 4.69) is 29.1 Å². The van der Waals surface area contributed by atoms with Crippen LogP contribution >= 0.6 is 23.1 Å². The van der Waals surface area contributed by atoms with E-state index in [1.165, 1.54) is 22.2 Å². The Kier molecular flexibility index (Phi) is 6.01. The van der Waals surface area contributed by atoms with Gasteiger partial charge in [0.15, 0.2) is 0 Å². The van der Waals surface area contributed by atoms with Crippen molar-refractivity contribution in [3.63, 3.8) is 0 Å². The van der Waals surface area contributed by atoms with Crippen LogP contribution in [-0.4, -0.2) is 28.2 Å². The Morgan fingerprint density at radius 2 is 2.00 bits per heavy atom. The Morgan fingerprint density at radius 1 is 1.26 bits per heavy atom. The summed E-state index contributed by atoms with van der Waals surface area (Å²) in [7, 11) is 1.63. The summed E-state index contributed by atoms with van der Waals surface area (Å²) in [6, 6.07) is 7.69. The second kappa shape index (κ2) is 8.27. The first-order valence-corrected chi connectivity index (χ1v) is 10.4. The smallest absolute Gasteiger partial charge is 0.233 e. The van der Waals surface area contributed by atoms with Gasteiger partial charge in [0.25, 0.3) is 0 Å². The van der Waals surface area contributed by atoms with Crippen molar-refractivity contribution >= 4 is 39.2 Å². The number of hydrogen-bond donors (Lipinski definition) is 1. The Hall–Kier alpha value is -2.12. The monoisotopic (exact) mass is 401 g/mol. The number of aromatic nitrogens is 2. The molecule has 0 unspecified atom stereocenters. The Morgan fingerprint density at radius 3 is 2.74 bits per heavy atom. The fourth-order valence-corrected chi connectivity index (χ4v) is 5.01. The first kappa shape index (κ1) is 19.6. The summed E-state index contributed by atoms with van der Waals surface area (Å²) in [4.78, 5) is 24.0. The number of rotatable bonds is 6. The van der Waals surface area contributed by atoms with Crippen molar-refractivity contribution in [3.8, 4) is 5.75 Å². The fourth-order valence-electron chi connectivity index (χ4n) is 2.80. The predicted molar refractivity (Wildman–Crippen MR) is 112 cm³/mol. The number of nitrogens with one attached hydrogen (secondary N) is 1. The molecule has 0 saturated heterocycles. The zero-order chi connectivity index (χ0) is 19.6. The summed E-state index contributed by atoms with van der Waals surface area (Å²) in [5, 5.41) is 4.67. The van der Waals surface area contributed by atoms with E-state index in [9.17, 15) is 4.79 Å². The molecule has 1 N–H and O–H groups in total. The highest BCUT2D eigenvalue weighted by molar-refractivity contribution is 8.00. The average molecular weight is 402 g/mol. The molecule has 0 bridgehead atoms. The van der Waals surface area contributed by atoms with Crippen molar-refractivity contribution in [3.05, 3.63) is 46.1 Å². The largest absolute Gasteiger partial charge is 0.496 e. The van der Waals surface area contributed by atoms with E-state index in [1.54, 1.807) is 18.4 Å². The lowest BCUT2D eigenvalue weighted by Gasteiger charge is -2.14. The third kappa shape index (κ3) is 4.25. The number of carbonyl (C=O) groups is 1. The van der Waals surface area contributed by atoms with Crippen LogP contribution < -0.4 is 10.1 Å². The number of fused-ring (bicyclic) bond motifs is 1. The quantitative estimate of drug-likeness (QED) is 0.489. The number of thiophene rings is 1. The van der Waals surface area contributed by atoms with Gasteiger partial charge < -0.3 is 10.1 Å². The number of ether oxygens (including phenoxy) is 1. The molecule has 0 fully saturated rings. The van der Waals surface area contributed by atoms with Gasteiger partial charge in [0, 0.05) is 22.4 Å². The highest BCUT2D eigenvalue weighted by atomic mass is 32.2. The molecule has 2 aromatic heterocycles. The number of nitrogens with zero attached hydrogens (tertiary/aromatic N) is 2. The summed E-state index contributed by atoms with van der Waals surface area (Å²) in [6.07, 6.45) is 0. The van der Waals surface area contributed by atoms with E-state index in [-0.39, 0.29) is 11.2 Å².